The Kier molecular flexibility index (Phi) is 2.47. The molecule has 0 fully saturated rings. The van der Waals surface area contributed by atoms with Gasteiger partial charge in [-0.15, -0.1) is 0 Å². The maximum absolute atomic E-state index is 12.0. The van der Waals surface area contributed by atoms with Gasteiger partial charge in [0, 0.05) is 0 Å². The van der Waals surface area contributed by atoms with Crippen LogP contribution in [0.4, 0.5) is 13.2 Å². The van der Waals surface area contributed by atoms with E-state index in [9.17, 15) is 13.2 Å². The smallest absolute Gasteiger partial charge is 0.407 e. The summed E-state index contributed by atoms with van der Waals surface area (Å²) >= 11 is 0. The zero-order chi connectivity index (χ0) is 10.1. The van der Waals surface area contributed by atoms with E-state index in [1.54, 1.807) is 0 Å². The van der Waals surface area contributed by atoms with E-state index < -0.39 is 12.2 Å². The van der Waals surface area contributed by atoms with Gasteiger partial charge in [-0.2, -0.15) is 13.2 Å². The average molecular weight is 191 g/mol. The van der Waals surface area contributed by atoms with Gasteiger partial charge in [0.1, 0.15) is 11.8 Å². The molecular weight excluding hydrogens is 183 g/mol. The first kappa shape index (κ1) is 9.85. The highest BCUT2D eigenvalue weighted by molar-refractivity contribution is 5.28. The van der Waals surface area contributed by atoms with E-state index >= 15 is 0 Å². The number of rotatable bonds is 1. The highest BCUT2D eigenvalue weighted by Crippen LogP contribution is 2.30. The Balaban J connectivity index is 2.90. The molecule has 0 aliphatic rings. The highest BCUT2D eigenvalue weighted by atomic mass is 19.4. The quantitative estimate of drug-likeness (QED) is 0.712. The third-order valence-electron chi connectivity index (χ3n) is 1.60. The van der Waals surface area contributed by atoms with Crippen molar-refractivity contribution in [3.05, 3.63) is 29.8 Å². The van der Waals surface area contributed by atoms with Crippen LogP contribution in [0, 0.1) is 0 Å². The van der Waals surface area contributed by atoms with Crippen molar-refractivity contribution in [2.45, 2.75) is 12.2 Å². The maximum Gasteiger partial charge on any atom is 0.407 e. The fraction of sp³-hybridized carbons (Fsp3) is 0.250. The minimum Gasteiger partial charge on any atom is -0.508 e. The molecule has 0 saturated heterocycles. The number of benzene rings is 1. The Morgan fingerprint density at radius 1 is 1.15 bits per heavy atom. The van der Waals surface area contributed by atoms with Crippen molar-refractivity contribution in [1.29, 1.82) is 0 Å². The lowest BCUT2D eigenvalue weighted by Crippen LogP contribution is -2.28. The molecule has 1 aromatic carbocycles. The van der Waals surface area contributed by atoms with E-state index in [1.165, 1.54) is 12.1 Å². The first-order valence-electron chi connectivity index (χ1n) is 3.52. The van der Waals surface area contributed by atoms with Crippen LogP contribution in [0.25, 0.3) is 0 Å². The van der Waals surface area contributed by atoms with Crippen LogP contribution in [0.3, 0.4) is 0 Å². The number of alkyl halides is 3. The van der Waals surface area contributed by atoms with Crippen molar-refractivity contribution in [3.63, 3.8) is 0 Å². The standard InChI is InChI=1S/C8H8F3NO/c9-8(10,11)7(12)5-1-3-6(13)4-2-5/h1-4,7,13H,12H2/t7-/m1/s1. The number of phenols is 1. The molecule has 0 bridgehead atoms. The van der Waals surface area contributed by atoms with Crippen molar-refractivity contribution in [3.8, 4) is 5.75 Å². The van der Waals surface area contributed by atoms with Crippen LogP contribution in [-0.4, -0.2) is 11.3 Å². The van der Waals surface area contributed by atoms with Gasteiger partial charge in [0.05, 0.1) is 0 Å². The zero-order valence-electron chi connectivity index (χ0n) is 6.55. The Labute approximate surface area is 72.8 Å². The average Bonchev–Trinajstić information content (AvgIpc) is 2.03. The van der Waals surface area contributed by atoms with E-state index in [-0.39, 0.29) is 11.3 Å². The number of hydrogen-bond donors (Lipinski definition) is 2. The van der Waals surface area contributed by atoms with Crippen molar-refractivity contribution in [2.75, 3.05) is 0 Å². The molecule has 1 aromatic rings. The third-order valence-corrected chi connectivity index (χ3v) is 1.60. The van der Waals surface area contributed by atoms with Gasteiger partial charge in [-0.3, -0.25) is 0 Å². The molecule has 0 radical (unpaired) electrons. The van der Waals surface area contributed by atoms with Gasteiger partial charge < -0.3 is 10.8 Å². The fourth-order valence-corrected chi connectivity index (χ4v) is 0.871. The molecule has 0 amide bonds. The van der Waals surface area contributed by atoms with Gasteiger partial charge in [0.25, 0.3) is 0 Å². The highest BCUT2D eigenvalue weighted by Gasteiger charge is 2.37. The number of aromatic hydroxyl groups is 1. The summed E-state index contributed by atoms with van der Waals surface area (Å²) in [7, 11) is 0. The van der Waals surface area contributed by atoms with Gasteiger partial charge in [-0.05, 0) is 17.7 Å². The second kappa shape index (κ2) is 3.26. The topological polar surface area (TPSA) is 46.2 Å². The molecule has 0 aromatic heterocycles. The summed E-state index contributed by atoms with van der Waals surface area (Å²) in [6.45, 7) is 0. The molecule has 2 nitrogen and oxygen atoms in total. The summed E-state index contributed by atoms with van der Waals surface area (Å²) in [6.07, 6.45) is -4.45. The first-order valence-corrected chi connectivity index (χ1v) is 3.52. The van der Waals surface area contributed by atoms with Crippen molar-refractivity contribution in [2.24, 2.45) is 5.73 Å². The number of hydrogen-bond acceptors (Lipinski definition) is 2. The van der Waals surface area contributed by atoms with E-state index in [4.69, 9.17) is 10.8 Å². The molecule has 13 heavy (non-hydrogen) atoms. The van der Waals surface area contributed by atoms with Crippen LogP contribution in [0.5, 0.6) is 5.75 Å². The normalized spacial score (nSPS) is 14.2. The number of halogens is 3. The minimum atomic E-state index is -4.45. The van der Waals surface area contributed by atoms with Gasteiger partial charge in [-0.25, -0.2) is 0 Å². The van der Waals surface area contributed by atoms with Crippen LogP contribution < -0.4 is 5.73 Å². The molecule has 0 spiro atoms. The predicted octanol–water partition coefficient (Wildman–Crippen LogP) is 1.95. The Morgan fingerprint density at radius 2 is 1.62 bits per heavy atom. The van der Waals surface area contributed by atoms with Crippen LogP contribution in [0.15, 0.2) is 24.3 Å². The summed E-state index contributed by atoms with van der Waals surface area (Å²) in [4.78, 5) is 0. The van der Waals surface area contributed by atoms with Crippen LogP contribution in [0.2, 0.25) is 0 Å². The van der Waals surface area contributed by atoms with Crippen molar-refractivity contribution < 1.29 is 18.3 Å². The monoisotopic (exact) mass is 191 g/mol. The van der Waals surface area contributed by atoms with Gasteiger partial charge in [-0.1, -0.05) is 12.1 Å². The lowest BCUT2D eigenvalue weighted by atomic mass is 10.1. The molecule has 5 heteroatoms. The lowest BCUT2D eigenvalue weighted by Gasteiger charge is -2.15. The minimum absolute atomic E-state index is 0.0645. The molecule has 0 unspecified atom stereocenters. The predicted molar refractivity (Wildman–Crippen MR) is 41.1 cm³/mol. The molecule has 0 aliphatic heterocycles. The SMILES string of the molecule is N[C@H](c1ccc(O)cc1)C(F)(F)F. The summed E-state index contributed by atoms with van der Waals surface area (Å²) in [5.74, 6) is -0.0851. The Bertz CT molecular complexity index is 280. The van der Waals surface area contributed by atoms with E-state index in [1.807, 2.05) is 0 Å². The summed E-state index contributed by atoms with van der Waals surface area (Å²) in [5, 5.41) is 8.82. The molecule has 3 N–H and O–H groups in total. The first-order chi connectivity index (χ1) is 5.91. The van der Waals surface area contributed by atoms with E-state index in [0.717, 1.165) is 12.1 Å². The second-order valence-corrected chi connectivity index (χ2v) is 2.61. The lowest BCUT2D eigenvalue weighted by molar-refractivity contribution is -0.149. The molecule has 0 heterocycles. The fourth-order valence-electron chi connectivity index (χ4n) is 0.871. The van der Waals surface area contributed by atoms with E-state index in [2.05, 4.69) is 0 Å². The van der Waals surface area contributed by atoms with Crippen molar-refractivity contribution >= 4 is 0 Å². The largest absolute Gasteiger partial charge is 0.508 e. The second-order valence-electron chi connectivity index (χ2n) is 2.61. The maximum atomic E-state index is 12.0. The third kappa shape index (κ3) is 2.35. The van der Waals surface area contributed by atoms with Crippen molar-refractivity contribution in [1.82, 2.24) is 0 Å². The molecule has 1 atom stereocenters. The van der Waals surface area contributed by atoms with Crippen LogP contribution in [0.1, 0.15) is 11.6 Å². The summed E-state index contributed by atoms with van der Waals surface area (Å²) < 4.78 is 36.1. The molecule has 0 saturated carbocycles. The molecular formula is C8H8F3NO. The molecule has 72 valence electrons. The summed E-state index contributed by atoms with van der Waals surface area (Å²) in [5.41, 5.74) is 4.85. The van der Waals surface area contributed by atoms with Gasteiger partial charge in [0.15, 0.2) is 0 Å². The number of nitrogens with two attached hydrogens (primary N) is 1. The van der Waals surface area contributed by atoms with Gasteiger partial charge >= 0.3 is 6.18 Å². The molecule has 1 rings (SSSR count). The van der Waals surface area contributed by atoms with Gasteiger partial charge in [0.2, 0.25) is 0 Å². The van der Waals surface area contributed by atoms with Crippen LogP contribution >= 0.6 is 0 Å². The molecule has 0 aliphatic carbocycles. The Morgan fingerprint density at radius 3 is 2.00 bits per heavy atom. The number of phenolic OH excluding ortho intramolecular Hbond substituents is 1. The zero-order valence-corrected chi connectivity index (χ0v) is 6.55. The summed E-state index contributed by atoms with van der Waals surface area (Å²) in [6, 6.07) is 2.64. The van der Waals surface area contributed by atoms with Crippen LogP contribution in [-0.2, 0) is 0 Å². The van der Waals surface area contributed by atoms with E-state index in [0.29, 0.717) is 0 Å². The Hall–Kier alpha value is -1.23.